The van der Waals surface area contributed by atoms with E-state index in [-0.39, 0.29) is 0 Å². The Morgan fingerprint density at radius 3 is 2.53 bits per heavy atom. The van der Waals surface area contributed by atoms with Crippen LogP contribution in [-0.4, -0.2) is 6.54 Å². The van der Waals surface area contributed by atoms with E-state index in [1.165, 1.54) is 43.2 Å². The lowest BCUT2D eigenvalue weighted by molar-refractivity contribution is 0.373. The Kier molecular flexibility index (Phi) is 4.33. The van der Waals surface area contributed by atoms with Crippen LogP contribution in [0.5, 0.6) is 0 Å². The second-order valence-corrected chi connectivity index (χ2v) is 5.73. The van der Waals surface area contributed by atoms with Gasteiger partial charge in [0.15, 0.2) is 0 Å². The van der Waals surface area contributed by atoms with Gasteiger partial charge in [0.2, 0.25) is 0 Å². The van der Waals surface area contributed by atoms with Crippen LogP contribution in [0.4, 0.5) is 5.69 Å². The van der Waals surface area contributed by atoms with E-state index in [0.717, 1.165) is 23.2 Å². The molecule has 0 unspecified atom stereocenters. The van der Waals surface area contributed by atoms with Crippen molar-refractivity contribution < 1.29 is 0 Å². The van der Waals surface area contributed by atoms with Crippen LogP contribution in [0.15, 0.2) is 12.1 Å². The van der Waals surface area contributed by atoms with E-state index in [4.69, 9.17) is 11.6 Å². The van der Waals surface area contributed by atoms with Crippen molar-refractivity contribution in [3.05, 3.63) is 28.3 Å². The highest BCUT2D eigenvalue weighted by Gasteiger charge is 2.14. The molecular weight excluding hydrogens is 230 g/mol. The highest BCUT2D eigenvalue weighted by Crippen LogP contribution is 2.29. The summed E-state index contributed by atoms with van der Waals surface area (Å²) in [5.74, 6) is 0.834. The zero-order valence-electron chi connectivity index (χ0n) is 10.9. The van der Waals surface area contributed by atoms with Crippen LogP contribution in [0.25, 0.3) is 0 Å². The molecule has 1 aromatic carbocycles. The summed E-state index contributed by atoms with van der Waals surface area (Å²) >= 11 is 6.29. The van der Waals surface area contributed by atoms with Gasteiger partial charge in [-0.1, -0.05) is 36.9 Å². The molecular formula is C15H22ClN. The summed E-state index contributed by atoms with van der Waals surface area (Å²) < 4.78 is 0. The van der Waals surface area contributed by atoms with Crippen LogP contribution >= 0.6 is 11.6 Å². The largest absolute Gasteiger partial charge is 0.383 e. The van der Waals surface area contributed by atoms with Crippen LogP contribution in [0, 0.1) is 19.8 Å². The van der Waals surface area contributed by atoms with Crippen molar-refractivity contribution >= 4 is 17.3 Å². The second kappa shape index (κ2) is 5.77. The third-order valence-corrected chi connectivity index (χ3v) is 4.02. The molecule has 1 saturated carbocycles. The van der Waals surface area contributed by atoms with E-state index in [2.05, 4.69) is 25.2 Å². The Morgan fingerprint density at radius 1 is 1.18 bits per heavy atom. The lowest BCUT2D eigenvalue weighted by Crippen LogP contribution is -2.17. The van der Waals surface area contributed by atoms with E-state index in [1.807, 2.05) is 6.07 Å². The molecule has 0 radical (unpaired) electrons. The Morgan fingerprint density at radius 2 is 1.88 bits per heavy atom. The Bertz CT molecular complexity index is 358. The predicted molar refractivity (Wildman–Crippen MR) is 76.0 cm³/mol. The fourth-order valence-corrected chi connectivity index (χ4v) is 3.17. The fraction of sp³-hybridized carbons (Fsp3) is 0.600. The van der Waals surface area contributed by atoms with Gasteiger partial charge in [0.05, 0.1) is 10.7 Å². The average Bonchev–Trinajstić information content (AvgIpc) is 2.29. The molecule has 1 aromatic rings. The van der Waals surface area contributed by atoms with Crippen molar-refractivity contribution in [3.8, 4) is 0 Å². The van der Waals surface area contributed by atoms with Crippen molar-refractivity contribution in [1.29, 1.82) is 0 Å². The van der Waals surface area contributed by atoms with E-state index in [9.17, 15) is 0 Å². The van der Waals surface area contributed by atoms with Crippen LogP contribution < -0.4 is 5.32 Å². The van der Waals surface area contributed by atoms with Gasteiger partial charge < -0.3 is 5.32 Å². The minimum Gasteiger partial charge on any atom is -0.383 e. The van der Waals surface area contributed by atoms with Crippen molar-refractivity contribution in [2.75, 3.05) is 11.9 Å². The summed E-state index contributed by atoms with van der Waals surface area (Å²) in [6, 6.07) is 4.23. The topological polar surface area (TPSA) is 12.0 Å². The van der Waals surface area contributed by atoms with Crippen LogP contribution in [0.3, 0.4) is 0 Å². The molecule has 17 heavy (non-hydrogen) atoms. The molecule has 94 valence electrons. The molecule has 0 bridgehead atoms. The smallest absolute Gasteiger partial charge is 0.0642 e. The monoisotopic (exact) mass is 251 g/mol. The summed E-state index contributed by atoms with van der Waals surface area (Å²) in [6.45, 7) is 5.29. The summed E-state index contributed by atoms with van der Waals surface area (Å²) in [6.07, 6.45) is 6.95. The van der Waals surface area contributed by atoms with Gasteiger partial charge in [0, 0.05) is 6.54 Å². The molecule has 0 aromatic heterocycles. The summed E-state index contributed by atoms with van der Waals surface area (Å²) in [4.78, 5) is 0. The van der Waals surface area contributed by atoms with Crippen LogP contribution in [0.1, 0.15) is 43.2 Å². The van der Waals surface area contributed by atoms with E-state index in [0.29, 0.717) is 0 Å². The molecule has 1 N–H and O–H groups in total. The molecule has 0 saturated heterocycles. The third kappa shape index (κ3) is 3.38. The van der Waals surface area contributed by atoms with Gasteiger partial charge in [-0.25, -0.2) is 0 Å². The predicted octanol–water partition coefficient (Wildman–Crippen LogP) is 4.95. The summed E-state index contributed by atoms with van der Waals surface area (Å²) in [7, 11) is 0. The van der Waals surface area contributed by atoms with Crippen molar-refractivity contribution in [2.45, 2.75) is 46.0 Å². The minimum absolute atomic E-state index is 0.834. The maximum absolute atomic E-state index is 6.29. The Labute approximate surface area is 110 Å². The number of nitrogens with one attached hydrogen (secondary N) is 1. The quantitative estimate of drug-likeness (QED) is 0.802. The molecule has 1 nitrogen and oxygen atoms in total. The highest BCUT2D eigenvalue weighted by molar-refractivity contribution is 6.33. The molecule has 1 aliphatic carbocycles. The molecule has 2 heteroatoms. The molecule has 0 spiro atoms. The number of hydrogen-bond donors (Lipinski definition) is 1. The molecule has 0 aliphatic heterocycles. The zero-order valence-corrected chi connectivity index (χ0v) is 11.6. The van der Waals surface area contributed by atoms with Gasteiger partial charge in [-0.05, 0) is 49.8 Å². The lowest BCUT2D eigenvalue weighted by atomic mass is 9.89. The minimum atomic E-state index is 0.834. The van der Waals surface area contributed by atoms with Crippen molar-refractivity contribution in [1.82, 2.24) is 0 Å². The molecule has 0 heterocycles. The summed E-state index contributed by atoms with van der Waals surface area (Å²) in [5, 5.41) is 4.41. The second-order valence-electron chi connectivity index (χ2n) is 5.32. The van der Waals surface area contributed by atoms with Gasteiger partial charge >= 0.3 is 0 Å². The lowest BCUT2D eigenvalue weighted by Gasteiger charge is -2.23. The first kappa shape index (κ1) is 12.8. The van der Waals surface area contributed by atoms with Crippen molar-refractivity contribution in [3.63, 3.8) is 0 Å². The SMILES string of the molecule is Cc1cc(C)c(NCC2CCCCC2)c(Cl)c1. The first-order chi connectivity index (χ1) is 8.16. The first-order valence-corrected chi connectivity index (χ1v) is 7.05. The van der Waals surface area contributed by atoms with Crippen LogP contribution in [0.2, 0.25) is 5.02 Å². The number of hydrogen-bond acceptors (Lipinski definition) is 1. The van der Waals surface area contributed by atoms with Gasteiger partial charge in [-0.2, -0.15) is 0 Å². The number of anilines is 1. The van der Waals surface area contributed by atoms with Gasteiger partial charge in [-0.3, -0.25) is 0 Å². The number of rotatable bonds is 3. The normalized spacial score (nSPS) is 17.1. The standard InChI is InChI=1S/C15H22ClN/c1-11-8-12(2)15(14(16)9-11)17-10-13-6-4-3-5-7-13/h8-9,13,17H,3-7,10H2,1-2H3. The maximum atomic E-state index is 6.29. The van der Waals surface area contributed by atoms with Crippen LogP contribution in [-0.2, 0) is 0 Å². The maximum Gasteiger partial charge on any atom is 0.0642 e. The zero-order chi connectivity index (χ0) is 12.3. The van der Waals surface area contributed by atoms with Gasteiger partial charge in [0.1, 0.15) is 0 Å². The molecule has 2 rings (SSSR count). The van der Waals surface area contributed by atoms with E-state index < -0.39 is 0 Å². The van der Waals surface area contributed by atoms with Gasteiger partial charge in [-0.15, -0.1) is 0 Å². The third-order valence-electron chi connectivity index (χ3n) is 3.72. The highest BCUT2D eigenvalue weighted by atomic mass is 35.5. The summed E-state index contributed by atoms with van der Waals surface area (Å²) in [5.41, 5.74) is 3.62. The molecule has 1 aliphatic rings. The Balaban J connectivity index is 1.98. The van der Waals surface area contributed by atoms with Gasteiger partial charge in [0.25, 0.3) is 0 Å². The number of aryl methyl sites for hydroxylation is 2. The fourth-order valence-electron chi connectivity index (χ4n) is 2.78. The number of halogens is 1. The molecule has 0 amide bonds. The van der Waals surface area contributed by atoms with Crippen molar-refractivity contribution in [2.24, 2.45) is 5.92 Å². The molecule has 0 atom stereocenters. The average molecular weight is 252 g/mol. The first-order valence-electron chi connectivity index (χ1n) is 6.67. The van der Waals surface area contributed by atoms with E-state index in [1.54, 1.807) is 0 Å². The number of benzene rings is 1. The molecule has 1 fully saturated rings. The Hall–Kier alpha value is -0.690. The van der Waals surface area contributed by atoms with E-state index >= 15 is 0 Å².